The lowest BCUT2D eigenvalue weighted by Crippen LogP contribution is -2.40. The highest BCUT2D eigenvalue weighted by Gasteiger charge is 2.29. The van der Waals surface area contributed by atoms with Crippen LogP contribution in [0.1, 0.15) is 44.4 Å². The van der Waals surface area contributed by atoms with Gasteiger partial charge in [0.1, 0.15) is 6.07 Å². The number of benzene rings is 1. The molecule has 2 aromatic heterocycles. The van der Waals surface area contributed by atoms with E-state index in [1.807, 2.05) is 43.0 Å². The zero-order valence-electron chi connectivity index (χ0n) is 19.9. The summed E-state index contributed by atoms with van der Waals surface area (Å²) in [5.74, 6) is 0.944. The lowest BCUT2D eigenvalue weighted by molar-refractivity contribution is -0.125. The molecule has 0 spiro atoms. The third-order valence-corrected chi connectivity index (χ3v) is 6.32. The topological polar surface area (TPSA) is 124 Å². The predicted octanol–water partition coefficient (Wildman–Crippen LogP) is 4.32. The van der Waals surface area contributed by atoms with Gasteiger partial charge in [-0.2, -0.15) is 10.2 Å². The number of rotatable bonds is 8. The van der Waals surface area contributed by atoms with Gasteiger partial charge in [-0.3, -0.25) is 9.59 Å². The van der Waals surface area contributed by atoms with Gasteiger partial charge in [-0.1, -0.05) is 26.0 Å². The normalized spacial score (nSPS) is 14.8. The van der Waals surface area contributed by atoms with Crippen molar-refractivity contribution in [3.05, 3.63) is 53.9 Å². The number of carbonyl (C=O) groups excluding carboxylic acids is 2. The maximum atomic E-state index is 12.8. The number of anilines is 2. The molecule has 0 saturated carbocycles. The molecule has 3 heterocycles. The molecule has 1 atom stereocenters. The average molecular weight is 476 g/mol. The predicted molar refractivity (Wildman–Crippen MR) is 130 cm³/mol. The Labute approximate surface area is 204 Å². The fourth-order valence-corrected chi connectivity index (χ4v) is 3.99. The van der Waals surface area contributed by atoms with Crippen LogP contribution in [-0.2, 0) is 16.1 Å². The highest BCUT2D eigenvalue weighted by molar-refractivity contribution is 5.92. The maximum Gasteiger partial charge on any atom is 0.266 e. The smallest absolute Gasteiger partial charge is 0.266 e. The Morgan fingerprint density at radius 3 is 2.74 bits per heavy atom. The number of nitriles is 1. The van der Waals surface area contributed by atoms with E-state index in [1.165, 1.54) is 6.26 Å². The quantitative estimate of drug-likeness (QED) is 0.497. The standard InChI is InChI=1S/C26H29N5O4/c1-3-17(2)23(32)29-20-7-4-6-18(14-20)16-28-24(33)19-9-11-31(12-10-19)26-21(15-27)30-25(35-26)22-8-5-13-34-22/h4-8,13-14,17,19H,3,9-12,16H2,1-2H3,(H,28,33)(H,29,32). The minimum atomic E-state index is -0.127. The number of piperidine rings is 1. The van der Waals surface area contributed by atoms with Crippen molar-refractivity contribution in [2.24, 2.45) is 11.8 Å². The summed E-state index contributed by atoms with van der Waals surface area (Å²) in [7, 11) is 0. The number of nitrogens with one attached hydrogen (secondary N) is 2. The van der Waals surface area contributed by atoms with Crippen LogP contribution in [0.2, 0.25) is 0 Å². The molecule has 1 aromatic carbocycles. The van der Waals surface area contributed by atoms with E-state index in [0.29, 0.717) is 44.1 Å². The molecule has 9 nitrogen and oxygen atoms in total. The van der Waals surface area contributed by atoms with Gasteiger partial charge in [-0.25, -0.2) is 0 Å². The number of hydrogen-bond donors (Lipinski definition) is 2. The Hall–Kier alpha value is -4.06. The number of aromatic nitrogens is 1. The molecule has 0 aliphatic carbocycles. The highest BCUT2D eigenvalue weighted by atomic mass is 16.4. The molecule has 1 unspecified atom stereocenters. The number of oxazole rings is 1. The van der Waals surface area contributed by atoms with Crippen molar-refractivity contribution in [3.63, 3.8) is 0 Å². The van der Waals surface area contributed by atoms with Gasteiger partial charge in [-0.05, 0) is 49.1 Å². The van der Waals surface area contributed by atoms with E-state index in [4.69, 9.17) is 8.83 Å². The van der Waals surface area contributed by atoms with Crippen molar-refractivity contribution in [3.8, 4) is 17.7 Å². The van der Waals surface area contributed by atoms with Crippen LogP contribution in [-0.4, -0.2) is 29.9 Å². The molecule has 9 heteroatoms. The van der Waals surface area contributed by atoms with Crippen LogP contribution in [0.4, 0.5) is 11.6 Å². The monoisotopic (exact) mass is 475 g/mol. The Bertz CT molecular complexity index is 1200. The third kappa shape index (κ3) is 5.72. The SMILES string of the molecule is CCC(C)C(=O)Nc1cccc(CNC(=O)C2CCN(c3oc(-c4ccco4)nc3C#N)CC2)c1. The largest absolute Gasteiger partial charge is 0.459 e. The molecule has 1 aliphatic rings. The second-order valence-electron chi connectivity index (χ2n) is 8.74. The summed E-state index contributed by atoms with van der Waals surface area (Å²) in [6, 6.07) is 13.1. The molecule has 2 amide bonds. The molecule has 3 aromatic rings. The van der Waals surface area contributed by atoms with Crippen molar-refractivity contribution in [1.29, 1.82) is 5.26 Å². The summed E-state index contributed by atoms with van der Waals surface area (Å²) >= 11 is 0. The lowest BCUT2D eigenvalue weighted by Gasteiger charge is -2.31. The van der Waals surface area contributed by atoms with E-state index in [-0.39, 0.29) is 35.2 Å². The first-order valence-corrected chi connectivity index (χ1v) is 11.9. The summed E-state index contributed by atoms with van der Waals surface area (Å²) in [6.07, 6.45) is 3.57. The Balaban J connectivity index is 1.30. The van der Waals surface area contributed by atoms with E-state index in [0.717, 1.165) is 17.7 Å². The van der Waals surface area contributed by atoms with Gasteiger partial charge in [0.25, 0.3) is 5.89 Å². The Morgan fingerprint density at radius 2 is 2.06 bits per heavy atom. The summed E-state index contributed by atoms with van der Waals surface area (Å²) in [5.41, 5.74) is 1.85. The molecule has 2 N–H and O–H groups in total. The Kier molecular flexibility index (Phi) is 7.51. The number of nitrogens with zero attached hydrogens (tertiary/aromatic N) is 3. The van der Waals surface area contributed by atoms with Crippen molar-refractivity contribution in [2.75, 3.05) is 23.3 Å². The first kappa shape index (κ1) is 24.1. The zero-order valence-corrected chi connectivity index (χ0v) is 19.9. The second-order valence-corrected chi connectivity index (χ2v) is 8.74. The van der Waals surface area contributed by atoms with Gasteiger partial charge in [0.15, 0.2) is 5.76 Å². The van der Waals surface area contributed by atoms with Crippen molar-refractivity contribution >= 4 is 23.4 Å². The van der Waals surface area contributed by atoms with Crippen LogP contribution in [0.15, 0.2) is 51.5 Å². The van der Waals surface area contributed by atoms with Crippen LogP contribution in [0.25, 0.3) is 11.7 Å². The van der Waals surface area contributed by atoms with Gasteiger partial charge in [-0.15, -0.1) is 0 Å². The van der Waals surface area contributed by atoms with Crippen LogP contribution in [0.3, 0.4) is 0 Å². The van der Waals surface area contributed by atoms with Gasteiger partial charge >= 0.3 is 0 Å². The average Bonchev–Trinajstić information content (AvgIpc) is 3.57. The molecule has 0 bridgehead atoms. The van der Waals surface area contributed by atoms with Crippen molar-refractivity contribution in [2.45, 2.75) is 39.7 Å². The number of carbonyl (C=O) groups is 2. The molecule has 182 valence electrons. The van der Waals surface area contributed by atoms with E-state index in [2.05, 4.69) is 21.7 Å². The molecule has 0 radical (unpaired) electrons. The van der Waals surface area contributed by atoms with Crippen LogP contribution in [0.5, 0.6) is 0 Å². The summed E-state index contributed by atoms with van der Waals surface area (Å²) in [4.78, 5) is 31.1. The van der Waals surface area contributed by atoms with Crippen LogP contribution >= 0.6 is 0 Å². The fraction of sp³-hybridized carbons (Fsp3) is 0.385. The minimum Gasteiger partial charge on any atom is -0.459 e. The summed E-state index contributed by atoms with van der Waals surface area (Å²) in [6.45, 7) is 5.42. The number of amides is 2. The second kappa shape index (κ2) is 10.9. The maximum absolute atomic E-state index is 12.8. The Morgan fingerprint density at radius 1 is 1.26 bits per heavy atom. The fourth-order valence-electron chi connectivity index (χ4n) is 3.99. The van der Waals surface area contributed by atoms with Crippen molar-refractivity contribution in [1.82, 2.24) is 10.3 Å². The summed E-state index contributed by atoms with van der Waals surface area (Å²) < 4.78 is 11.1. The lowest BCUT2D eigenvalue weighted by atomic mass is 9.96. The molecular weight excluding hydrogens is 446 g/mol. The molecule has 1 aliphatic heterocycles. The first-order chi connectivity index (χ1) is 17.0. The van der Waals surface area contributed by atoms with Gasteiger partial charge < -0.3 is 24.4 Å². The summed E-state index contributed by atoms with van der Waals surface area (Å²) in [5, 5.41) is 15.4. The van der Waals surface area contributed by atoms with Crippen LogP contribution in [0, 0.1) is 23.2 Å². The van der Waals surface area contributed by atoms with E-state index in [9.17, 15) is 14.9 Å². The van der Waals surface area contributed by atoms with Crippen molar-refractivity contribution < 1.29 is 18.4 Å². The van der Waals surface area contributed by atoms with Gasteiger partial charge in [0.05, 0.1) is 6.26 Å². The number of hydrogen-bond acceptors (Lipinski definition) is 7. The molecular formula is C26H29N5O4. The zero-order chi connectivity index (χ0) is 24.8. The van der Waals surface area contributed by atoms with E-state index < -0.39 is 0 Å². The van der Waals surface area contributed by atoms with E-state index in [1.54, 1.807) is 12.1 Å². The molecule has 1 fully saturated rings. The highest BCUT2D eigenvalue weighted by Crippen LogP contribution is 2.31. The minimum absolute atomic E-state index is 0.00644. The van der Waals surface area contributed by atoms with Gasteiger partial charge in [0.2, 0.25) is 23.4 Å². The first-order valence-electron chi connectivity index (χ1n) is 11.9. The molecule has 1 saturated heterocycles. The van der Waals surface area contributed by atoms with Crippen LogP contribution < -0.4 is 15.5 Å². The number of furan rings is 1. The third-order valence-electron chi connectivity index (χ3n) is 6.32. The molecule has 35 heavy (non-hydrogen) atoms. The van der Waals surface area contributed by atoms with Gasteiger partial charge in [0, 0.05) is 37.2 Å². The van der Waals surface area contributed by atoms with E-state index >= 15 is 0 Å². The molecule has 4 rings (SSSR count).